The first-order valence-electron chi connectivity index (χ1n) is 9.89. The fraction of sp³-hybridized carbons (Fsp3) is 0.174. The van der Waals surface area contributed by atoms with Crippen molar-refractivity contribution in [2.24, 2.45) is 0 Å². The van der Waals surface area contributed by atoms with Gasteiger partial charge in [0.2, 0.25) is 0 Å². The smallest absolute Gasteiger partial charge is 0.387 e. The molecule has 0 unspecified atom stereocenters. The van der Waals surface area contributed by atoms with Crippen molar-refractivity contribution in [3.8, 4) is 22.8 Å². The molecule has 1 atom stereocenters. The highest BCUT2D eigenvalue weighted by molar-refractivity contribution is 7.14. The molecule has 0 aliphatic rings. The van der Waals surface area contributed by atoms with E-state index in [0.29, 0.717) is 26.4 Å². The molecule has 1 N–H and O–H groups in total. The Morgan fingerprint density at radius 2 is 1.89 bits per heavy atom. The third-order valence-electron chi connectivity index (χ3n) is 4.43. The molecule has 0 aliphatic heterocycles. The summed E-state index contributed by atoms with van der Waals surface area (Å²) < 4.78 is 39.3. The second-order valence-electron chi connectivity index (χ2n) is 6.86. The summed E-state index contributed by atoms with van der Waals surface area (Å²) in [6.07, 6.45) is 1.37. The van der Waals surface area contributed by atoms with Crippen molar-refractivity contribution in [1.29, 1.82) is 0 Å². The number of carbonyl (C=O) groups is 2. The van der Waals surface area contributed by atoms with Crippen LogP contribution in [0.1, 0.15) is 12.5 Å². The Bertz CT molecular complexity index is 1250. The molecular weight excluding hydrogens is 525 g/mol. The number of hydrogen-bond acceptors (Lipinski definition) is 7. The van der Waals surface area contributed by atoms with Crippen LogP contribution < -0.4 is 14.8 Å². The predicted molar refractivity (Wildman–Crippen MR) is 130 cm³/mol. The van der Waals surface area contributed by atoms with Crippen LogP contribution in [-0.4, -0.2) is 36.7 Å². The maximum atomic E-state index is 12.4. The number of rotatable bonds is 9. The molecule has 1 aromatic heterocycles. The maximum Gasteiger partial charge on any atom is 0.387 e. The zero-order chi connectivity index (χ0) is 25.5. The molecule has 35 heavy (non-hydrogen) atoms. The second-order valence-corrected chi connectivity index (χ2v) is 8.53. The van der Waals surface area contributed by atoms with Crippen LogP contribution in [-0.2, 0) is 14.3 Å². The van der Waals surface area contributed by atoms with Crippen LogP contribution in [0.25, 0.3) is 17.3 Å². The van der Waals surface area contributed by atoms with Gasteiger partial charge in [-0.05, 0) is 42.8 Å². The summed E-state index contributed by atoms with van der Waals surface area (Å²) in [6.45, 7) is -1.59. The average Bonchev–Trinajstić information content (AvgIpc) is 3.28. The SMILES string of the molecule is COc1cc(/C=C/C(=O)O[C@@H](C)C(=O)Nc2nc(-c3ccc(Cl)c(Cl)c3)cs2)ccc1OC(F)F. The molecule has 0 bridgehead atoms. The fourth-order valence-corrected chi connectivity index (χ4v) is 3.76. The van der Waals surface area contributed by atoms with Gasteiger partial charge in [0.05, 0.1) is 22.8 Å². The minimum absolute atomic E-state index is 0.0669. The third kappa shape index (κ3) is 7.38. The zero-order valence-corrected chi connectivity index (χ0v) is 20.6. The molecular formula is C23H18Cl2F2N2O5S. The molecule has 0 aliphatic carbocycles. The highest BCUT2D eigenvalue weighted by Gasteiger charge is 2.18. The number of benzene rings is 2. The Balaban J connectivity index is 1.57. The molecule has 0 radical (unpaired) electrons. The summed E-state index contributed by atoms with van der Waals surface area (Å²) in [5, 5.41) is 5.44. The number of ether oxygens (including phenoxy) is 3. The third-order valence-corrected chi connectivity index (χ3v) is 5.92. The van der Waals surface area contributed by atoms with Gasteiger partial charge in [-0.25, -0.2) is 9.78 Å². The van der Waals surface area contributed by atoms with E-state index in [1.165, 1.54) is 49.6 Å². The minimum Gasteiger partial charge on any atom is -0.493 e. The van der Waals surface area contributed by atoms with Gasteiger partial charge >= 0.3 is 12.6 Å². The normalized spacial score (nSPS) is 12.0. The van der Waals surface area contributed by atoms with E-state index in [1.807, 2.05) is 0 Å². The zero-order valence-electron chi connectivity index (χ0n) is 18.3. The Morgan fingerprint density at radius 3 is 2.57 bits per heavy atom. The van der Waals surface area contributed by atoms with Crippen LogP contribution in [0.4, 0.5) is 13.9 Å². The minimum atomic E-state index is -3.00. The van der Waals surface area contributed by atoms with E-state index in [9.17, 15) is 18.4 Å². The van der Waals surface area contributed by atoms with Crippen LogP contribution in [0.3, 0.4) is 0 Å². The van der Waals surface area contributed by atoms with Crippen molar-refractivity contribution < 1.29 is 32.6 Å². The van der Waals surface area contributed by atoms with Crippen LogP contribution in [0.5, 0.6) is 11.5 Å². The van der Waals surface area contributed by atoms with E-state index in [0.717, 1.165) is 11.6 Å². The first-order valence-corrected chi connectivity index (χ1v) is 11.5. The van der Waals surface area contributed by atoms with Gasteiger partial charge in [-0.15, -0.1) is 11.3 Å². The van der Waals surface area contributed by atoms with Crippen LogP contribution in [0.15, 0.2) is 47.9 Å². The summed E-state index contributed by atoms with van der Waals surface area (Å²) in [5.74, 6) is -1.43. The van der Waals surface area contributed by atoms with Gasteiger partial charge in [-0.1, -0.05) is 35.3 Å². The van der Waals surface area contributed by atoms with Crippen molar-refractivity contribution in [3.05, 3.63) is 63.5 Å². The molecule has 184 valence electrons. The predicted octanol–water partition coefficient (Wildman–Crippen LogP) is 6.31. The summed E-state index contributed by atoms with van der Waals surface area (Å²) in [4.78, 5) is 28.8. The van der Waals surface area contributed by atoms with Crippen molar-refractivity contribution in [2.75, 3.05) is 12.4 Å². The van der Waals surface area contributed by atoms with Crippen molar-refractivity contribution in [1.82, 2.24) is 4.98 Å². The molecule has 1 heterocycles. The topological polar surface area (TPSA) is 86.8 Å². The number of anilines is 1. The number of nitrogens with one attached hydrogen (secondary N) is 1. The Labute approximate surface area is 213 Å². The van der Waals surface area contributed by atoms with Gasteiger partial charge in [-0.2, -0.15) is 8.78 Å². The Kier molecular flexibility index (Phi) is 9.02. The van der Waals surface area contributed by atoms with E-state index < -0.39 is 24.6 Å². The second kappa shape index (κ2) is 12.0. The fourth-order valence-electron chi connectivity index (χ4n) is 2.74. The number of halogens is 4. The van der Waals surface area contributed by atoms with Gasteiger partial charge in [-0.3, -0.25) is 10.1 Å². The van der Waals surface area contributed by atoms with E-state index in [1.54, 1.807) is 23.6 Å². The number of esters is 1. The summed E-state index contributed by atoms with van der Waals surface area (Å²) in [6, 6.07) is 9.20. The molecule has 0 saturated heterocycles. The number of thiazole rings is 1. The average molecular weight is 543 g/mol. The van der Waals surface area contributed by atoms with Gasteiger partial charge < -0.3 is 14.2 Å². The summed E-state index contributed by atoms with van der Waals surface area (Å²) >= 11 is 13.1. The lowest BCUT2D eigenvalue weighted by Crippen LogP contribution is -2.29. The Hall–Kier alpha value is -3.21. The Morgan fingerprint density at radius 1 is 1.11 bits per heavy atom. The van der Waals surface area contributed by atoms with Crippen LogP contribution >= 0.6 is 34.5 Å². The first kappa shape index (κ1) is 26.4. The monoisotopic (exact) mass is 542 g/mol. The van der Waals surface area contributed by atoms with Crippen molar-refractivity contribution in [2.45, 2.75) is 19.6 Å². The van der Waals surface area contributed by atoms with E-state index >= 15 is 0 Å². The standard InChI is InChI=1S/C23H18Cl2F2N2O5S/c1-12(21(31)29-23-28-17(11-35-23)14-5-6-15(24)16(25)10-14)33-20(30)8-4-13-3-7-18(34-22(26)27)19(9-13)32-2/h3-12,22H,1-2H3,(H,28,29,31)/b8-4+/t12-/m0/s1. The quantitative estimate of drug-likeness (QED) is 0.252. The lowest BCUT2D eigenvalue weighted by atomic mass is 10.2. The first-order chi connectivity index (χ1) is 16.7. The van der Waals surface area contributed by atoms with E-state index in [-0.39, 0.29) is 11.5 Å². The van der Waals surface area contributed by atoms with Gasteiger partial charge in [0, 0.05) is 17.0 Å². The van der Waals surface area contributed by atoms with Gasteiger partial charge in [0.1, 0.15) is 0 Å². The van der Waals surface area contributed by atoms with Crippen LogP contribution in [0, 0.1) is 0 Å². The highest BCUT2D eigenvalue weighted by Crippen LogP contribution is 2.31. The molecule has 1 amide bonds. The van der Waals surface area contributed by atoms with E-state index in [2.05, 4.69) is 15.0 Å². The molecule has 0 spiro atoms. The number of amides is 1. The number of aromatic nitrogens is 1. The van der Waals surface area contributed by atoms with Crippen molar-refractivity contribution in [3.63, 3.8) is 0 Å². The molecule has 2 aromatic carbocycles. The lowest BCUT2D eigenvalue weighted by Gasteiger charge is -2.11. The number of nitrogens with zero attached hydrogens (tertiary/aromatic N) is 1. The molecule has 3 rings (SSSR count). The molecule has 3 aromatic rings. The van der Waals surface area contributed by atoms with Gasteiger partial charge in [0.15, 0.2) is 22.7 Å². The molecule has 0 saturated carbocycles. The number of hydrogen-bond donors (Lipinski definition) is 1. The maximum absolute atomic E-state index is 12.4. The highest BCUT2D eigenvalue weighted by atomic mass is 35.5. The summed E-state index contributed by atoms with van der Waals surface area (Å²) in [5.41, 5.74) is 1.79. The molecule has 12 heteroatoms. The number of alkyl halides is 2. The largest absolute Gasteiger partial charge is 0.493 e. The molecule has 7 nitrogen and oxygen atoms in total. The van der Waals surface area contributed by atoms with Gasteiger partial charge in [0.25, 0.3) is 5.91 Å². The summed E-state index contributed by atoms with van der Waals surface area (Å²) in [7, 11) is 1.30. The van der Waals surface area contributed by atoms with Crippen molar-refractivity contribution >= 4 is 57.6 Å². The number of methoxy groups -OCH3 is 1. The van der Waals surface area contributed by atoms with Crippen LogP contribution in [0.2, 0.25) is 10.0 Å². The molecule has 0 fully saturated rings. The lowest BCUT2D eigenvalue weighted by molar-refractivity contribution is -0.148. The number of carbonyl (C=O) groups excluding carboxylic acids is 2. The van der Waals surface area contributed by atoms with E-state index in [4.69, 9.17) is 32.7 Å².